The number of aromatic nitrogens is 3. The third-order valence-electron chi connectivity index (χ3n) is 6.97. The van der Waals surface area contributed by atoms with E-state index in [9.17, 15) is 27.9 Å². The van der Waals surface area contributed by atoms with E-state index in [0.717, 1.165) is 28.3 Å². The Kier molecular flexibility index (Phi) is 6.93. The lowest BCUT2D eigenvalue weighted by molar-refractivity contribution is -0.141. The Morgan fingerprint density at radius 3 is 2.67 bits per heavy atom. The highest BCUT2D eigenvalue weighted by Crippen LogP contribution is 2.42. The SMILES string of the molecule is Cc1cc(Nc2nccc(C(F)(F)F)n2)cc(-c2cnc(C3(O)CCC(N4CC(C(N)=O)NC4=O)CC3)s2)c1. The zero-order valence-electron chi connectivity index (χ0n) is 20.8. The first-order valence-corrected chi connectivity index (χ1v) is 13.1. The lowest BCUT2D eigenvalue weighted by atomic mass is 9.82. The van der Waals surface area contributed by atoms with Crippen LogP contribution >= 0.6 is 11.3 Å². The highest BCUT2D eigenvalue weighted by molar-refractivity contribution is 7.15. The van der Waals surface area contributed by atoms with Crippen LogP contribution in [0.3, 0.4) is 0 Å². The number of rotatable bonds is 6. The first kappa shape index (κ1) is 26.8. The Balaban J connectivity index is 1.29. The van der Waals surface area contributed by atoms with Crippen molar-refractivity contribution in [1.29, 1.82) is 0 Å². The summed E-state index contributed by atoms with van der Waals surface area (Å²) in [6.07, 6.45) is -0.00491. The number of nitrogens with two attached hydrogens (primary N) is 1. The maximum absolute atomic E-state index is 13.0. The minimum absolute atomic E-state index is 0.113. The van der Waals surface area contributed by atoms with Crippen LogP contribution in [0.25, 0.3) is 10.4 Å². The molecule has 2 aromatic heterocycles. The topological polar surface area (TPSA) is 146 Å². The predicted octanol–water partition coefficient (Wildman–Crippen LogP) is 3.68. The summed E-state index contributed by atoms with van der Waals surface area (Å²) < 4.78 is 39.1. The van der Waals surface area contributed by atoms with Crippen molar-refractivity contribution in [2.24, 2.45) is 5.73 Å². The third kappa shape index (κ3) is 5.66. The van der Waals surface area contributed by atoms with Crippen molar-refractivity contribution in [3.05, 3.63) is 52.9 Å². The van der Waals surface area contributed by atoms with Crippen molar-refractivity contribution in [2.45, 2.75) is 56.5 Å². The summed E-state index contributed by atoms with van der Waals surface area (Å²) in [6, 6.07) is 5.09. The highest BCUT2D eigenvalue weighted by Gasteiger charge is 2.43. The zero-order valence-corrected chi connectivity index (χ0v) is 21.6. The summed E-state index contributed by atoms with van der Waals surface area (Å²) >= 11 is 1.34. The van der Waals surface area contributed by atoms with E-state index in [2.05, 4.69) is 25.6 Å². The molecule has 1 saturated heterocycles. The maximum Gasteiger partial charge on any atom is 0.433 e. The van der Waals surface area contributed by atoms with Gasteiger partial charge in [-0.1, -0.05) is 6.07 Å². The predicted molar refractivity (Wildman–Crippen MR) is 137 cm³/mol. The first-order valence-electron chi connectivity index (χ1n) is 12.3. The van der Waals surface area contributed by atoms with E-state index in [1.807, 2.05) is 13.0 Å². The summed E-state index contributed by atoms with van der Waals surface area (Å²) in [7, 11) is 0. The van der Waals surface area contributed by atoms with E-state index in [0.29, 0.717) is 36.4 Å². The molecule has 0 bridgehead atoms. The number of nitrogens with zero attached hydrogens (tertiary/aromatic N) is 4. The second-order valence-electron chi connectivity index (χ2n) is 9.83. The van der Waals surface area contributed by atoms with Gasteiger partial charge in [-0.25, -0.2) is 19.7 Å². The Morgan fingerprint density at radius 2 is 2.00 bits per heavy atom. The van der Waals surface area contributed by atoms with Crippen LogP contribution in [0, 0.1) is 6.92 Å². The van der Waals surface area contributed by atoms with Gasteiger partial charge in [0.1, 0.15) is 22.3 Å². The molecule has 1 saturated carbocycles. The molecule has 0 radical (unpaired) electrons. The third-order valence-corrected chi connectivity index (χ3v) is 8.21. The van der Waals surface area contributed by atoms with E-state index in [4.69, 9.17) is 5.73 Å². The van der Waals surface area contributed by atoms with Crippen molar-refractivity contribution in [1.82, 2.24) is 25.2 Å². The number of alkyl halides is 3. The fourth-order valence-electron chi connectivity index (χ4n) is 4.97. The van der Waals surface area contributed by atoms with Crippen LogP contribution in [0.2, 0.25) is 0 Å². The molecule has 206 valence electrons. The van der Waals surface area contributed by atoms with Crippen LogP contribution in [0.1, 0.15) is 41.9 Å². The van der Waals surface area contributed by atoms with Crippen molar-refractivity contribution in [3.63, 3.8) is 0 Å². The monoisotopic (exact) mass is 561 g/mol. The fraction of sp³-hybridized carbons (Fsp3) is 0.400. The number of carbonyl (C=O) groups is 2. The van der Waals surface area contributed by atoms with Gasteiger partial charge in [-0.05, 0) is 61.9 Å². The second-order valence-corrected chi connectivity index (χ2v) is 10.9. The number of urea groups is 1. The van der Waals surface area contributed by atoms with Crippen molar-refractivity contribution >= 4 is 34.9 Å². The van der Waals surface area contributed by atoms with Crippen LogP contribution in [0.15, 0.2) is 36.7 Å². The van der Waals surface area contributed by atoms with Crippen molar-refractivity contribution in [3.8, 4) is 10.4 Å². The van der Waals surface area contributed by atoms with Gasteiger partial charge in [0.2, 0.25) is 11.9 Å². The Labute approximate surface area is 225 Å². The standard InChI is InChI=1S/C25H26F3N7O3S/c1-13-8-14(10-15(9-13)32-22-30-7-4-19(34-22)25(26,27)28)18-11-31-21(39-18)24(38)5-2-16(3-6-24)35-12-17(20(29)36)33-23(35)37/h4,7-11,16-17,38H,2-3,5-6,12H2,1H3,(H2,29,36)(H,33,37)(H,30,32,34). The average Bonchev–Trinajstić information content (AvgIpc) is 3.52. The lowest BCUT2D eigenvalue weighted by Gasteiger charge is -2.38. The molecule has 2 fully saturated rings. The van der Waals surface area contributed by atoms with E-state index in [1.54, 1.807) is 23.2 Å². The van der Waals surface area contributed by atoms with Gasteiger partial charge in [-0.2, -0.15) is 13.2 Å². The number of hydrogen-bond acceptors (Lipinski definition) is 8. The molecule has 2 aliphatic rings. The quantitative estimate of drug-likeness (QED) is 0.359. The Hall–Kier alpha value is -3.78. The van der Waals surface area contributed by atoms with Gasteiger partial charge in [0.15, 0.2) is 0 Å². The summed E-state index contributed by atoms with van der Waals surface area (Å²) in [6.45, 7) is 2.07. The maximum atomic E-state index is 13.0. The normalized spacial score (nSPS) is 23.5. The van der Waals surface area contributed by atoms with Crippen molar-refractivity contribution in [2.75, 3.05) is 11.9 Å². The molecule has 3 amide bonds. The van der Waals surface area contributed by atoms with E-state index < -0.39 is 29.4 Å². The summed E-state index contributed by atoms with van der Waals surface area (Å²) in [5.41, 5.74) is 5.26. The summed E-state index contributed by atoms with van der Waals surface area (Å²) in [5.74, 6) is -0.753. The molecule has 10 nitrogen and oxygen atoms in total. The molecule has 1 aliphatic heterocycles. The van der Waals surface area contributed by atoms with E-state index in [1.165, 1.54) is 11.3 Å². The van der Waals surface area contributed by atoms with Gasteiger partial charge in [0.25, 0.3) is 0 Å². The number of nitrogens with one attached hydrogen (secondary N) is 2. The Morgan fingerprint density at radius 1 is 1.26 bits per heavy atom. The van der Waals surface area contributed by atoms with Gasteiger partial charge in [-0.15, -0.1) is 11.3 Å². The Bertz CT molecular complexity index is 1410. The summed E-state index contributed by atoms with van der Waals surface area (Å²) in [4.78, 5) is 38.1. The second kappa shape index (κ2) is 10.1. The van der Waals surface area contributed by atoms with E-state index >= 15 is 0 Å². The minimum Gasteiger partial charge on any atom is -0.383 e. The molecule has 3 aromatic rings. The van der Waals surface area contributed by atoms with Crippen LogP contribution in [-0.4, -0.2) is 55.5 Å². The first-order chi connectivity index (χ1) is 18.4. The van der Waals surface area contributed by atoms with Gasteiger partial charge in [0, 0.05) is 24.1 Å². The number of hydrogen-bond donors (Lipinski definition) is 4. The molecule has 1 aliphatic carbocycles. The molecule has 1 unspecified atom stereocenters. The van der Waals surface area contributed by atoms with Crippen LogP contribution < -0.4 is 16.4 Å². The smallest absolute Gasteiger partial charge is 0.383 e. The number of aliphatic hydroxyl groups is 1. The molecular formula is C25H26F3N7O3S. The molecule has 1 aromatic carbocycles. The molecule has 39 heavy (non-hydrogen) atoms. The number of benzene rings is 1. The molecule has 5 N–H and O–H groups in total. The zero-order chi connectivity index (χ0) is 27.9. The number of halogens is 3. The van der Waals surface area contributed by atoms with Crippen LogP contribution in [0.4, 0.5) is 29.6 Å². The number of aryl methyl sites for hydroxylation is 1. The average molecular weight is 562 g/mol. The van der Waals surface area contributed by atoms with Gasteiger partial charge in [-0.3, -0.25) is 4.79 Å². The minimum atomic E-state index is -4.58. The molecule has 3 heterocycles. The number of thiazole rings is 1. The van der Waals surface area contributed by atoms with Crippen LogP contribution in [-0.2, 0) is 16.6 Å². The molecule has 1 atom stereocenters. The number of anilines is 2. The number of primary amides is 1. The number of amides is 3. The van der Waals surface area contributed by atoms with Crippen LogP contribution in [0.5, 0.6) is 0 Å². The highest BCUT2D eigenvalue weighted by atomic mass is 32.1. The fourth-order valence-corrected chi connectivity index (χ4v) is 6.01. The van der Waals surface area contributed by atoms with Gasteiger partial charge in [0.05, 0.1) is 11.4 Å². The molecular weight excluding hydrogens is 535 g/mol. The number of carbonyl (C=O) groups excluding carboxylic acids is 2. The van der Waals surface area contributed by atoms with E-state index in [-0.39, 0.29) is 24.6 Å². The van der Waals surface area contributed by atoms with Gasteiger partial charge >= 0.3 is 12.2 Å². The van der Waals surface area contributed by atoms with Gasteiger partial charge < -0.3 is 26.4 Å². The molecule has 14 heteroatoms. The van der Waals surface area contributed by atoms with Crippen molar-refractivity contribution < 1.29 is 27.9 Å². The molecule has 0 spiro atoms. The summed E-state index contributed by atoms with van der Waals surface area (Å²) in [5, 5.41) is 17.4. The largest absolute Gasteiger partial charge is 0.433 e. The lowest BCUT2D eigenvalue weighted by Crippen LogP contribution is -2.44. The molecule has 5 rings (SSSR count).